The van der Waals surface area contributed by atoms with Crippen LogP contribution in [-0.2, 0) is 18.7 Å². The Bertz CT molecular complexity index is 835. The zero-order valence-electron chi connectivity index (χ0n) is 14.6. The molecule has 1 aliphatic heterocycles. The Balaban J connectivity index is 1.25. The third kappa shape index (κ3) is 4.69. The number of hydrogen-bond donors (Lipinski definition) is 1. The molecule has 0 aliphatic carbocycles. The molecule has 0 saturated carbocycles. The number of nitrogens with zero attached hydrogens (tertiary/aromatic N) is 3. The molecule has 0 unspecified atom stereocenters. The highest BCUT2D eigenvalue weighted by Crippen LogP contribution is 2.23. The smallest absolute Gasteiger partial charge is 0.165 e. The topological polar surface area (TPSA) is 44.8 Å². The molecule has 0 bridgehead atoms. The standard InChI is InChI=1S/C20H22N4S2/c1-2-4-17-14-24(10-6-16(17)3-1)11-12-25-19-5-7-21-18(13-19)15-26-20-22-8-9-23-20/h1-5,7-9,13H,6,10-12,14-15H2,(H,22,23). The second-order valence-electron chi connectivity index (χ2n) is 6.31. The maximum Gasteiger partial charge on any atom is 0.165 e. The molecule has 0 saturated heterocycles. The van der Waals surface area contributed by atoms with Gasteiger partial charge in [-0.15, -0.1) is 11.8 Å². The van der Waals surface area contributed by atoms with E-state index in [0.29, 0.717) is 0 Å². The number of aromatic amines is 1. The lowest BCUT2D eigenvalue weighted by molar-refractivity contribution is 0.270. The van der Waals surface area contributed by atoms with Crippen molar-refractivity contribution < 1.29 is 0 Å². The van der Waals surface area contributed by atoms with Gasteiger partial charge < -0.3 is 4.98 Å². The molecule has 6 heteroatoms. The molecule has 0 atom stereocenters. The largest absolute Gasteiger partial charge is 0.340 e. The molecular weight excluding hydrogens is 360 g/mol. The Kier molecular flexibility index (Phi) is 5.94. The Morgan fingerprint density at radius 2 is 1.96 bits per heavy atom. The number of imidazole rings is 1. The minimum Gasteiger partial charge on any atom is -0.340 e. The highest BCUT2D eigenvalue weighted by Gasteiger charge is 2.15. The molecule has 2 aromatic heterocycles. The first kappa shape index (κ1) is 17.6. The van der Waals surface area contributed by atoms with Crippen LogP contribution in [0.4, 0.5) is 0 Å². The van der Waals surface area contributed by atoms with Gasteiger partial charge in [-0.2, -0.15) is 0 Å². The molecule has 1 aliphatic rings. The van der Waals surface area contributed by atoms with E-state index in [9.17, 15) is 0 Å². The van der Waals surface area contributed by atoms with Gasteiger partial charge in [-0.05, 0) is 29.7 Å². The van der Waals surface area contributed by atoms with Crippen LogP contribution in [0.5, 0.6) is 0 Å². The van der Waals surface area contributed by atoms with E-state index in [4.69, 9.17) is 0 Å². The van der Waals surface area contributed by atoms with Crippen LogP contribution < -0.4 is 0 Å². The SMILES string of the molecule is c1ccc2c(c1)CCN(CCSc1ccnc(CSc3ncc[nH]3)c1)C2. The number of nitrogens with one attached hydrogen (secondary N) is 1. The minimum atomic E-state index is 0.838. The fourth-order valence-corrected chi connectivity index (χ4v) is 4.83. The average Bonchev–Trinajstić information content (AvgIpc) is 3.20. The Morgan fingerprint density at radius 3 is 2.85 bits per heavy atom. The van der Waals surface area contributed by atoms with Crippen LogP contribution in [0.1, 0.15) is 16.8 Å². The molecule has 0 fully saturated rings. The quantitative estimate of drug-likeness (QED) is 0.619. The van der Waals surface area contributed by atoms with Gasteiger partial charge in [0.15, 0.2) is 5.16 Å². The lowest BCUT2D eigenvalue weighted by atomic mass is 10.0. The molecule has 134 valence electrons. The molecule has 3 heterocycles. The molecule has 0 radical (unpaired) electrons. The van der Waals surface area contributed by atoms with Gasteiger partial charge in [0.1, 0.15) is 0 Å². The second-order valence-corrected chi connectivity index (χ2v) is 8.44. The molecule has 4 nitrogen and oxygen atoms in total. The zero-order valence-corrected chi connectivity index (χ0v) is 16.2. The van der Waals surface area contributed by atoms with Gasteiger partial charge in [-0.25, -0.2) is 4.98 Å². The van der Waals surface area contributed by atoms with Crippen molar-refractivity contribution in [3.8, 4) is 0 Å². The van der Waals surface area contributed by atoms with E-state index < -0.39 is 0 Å². The maximum absolute atomic E-state index is 4.48. The summed E-state index contributed by atoms with van der Waals surface area (Å²) in [5.41, 5.74) is 4.11. The van der Waals surface area contributed by atoms with Crippen LogP contribution in [-0.4, -0.2) is 38.7 Å². The summed E-state index contributed by atoms with van der Waals surface area (Å²) in [5, 5.41) is 0.940. The fourth-order valence-electron chi connectivity index (χ4n) is 3.13. The normalized spacial score (nSPS) is 14.3. The highest BCUT2D eigenvalue weighted by atomic mass is 32.2. The van der Waals surface area contributed by atoms with Crippen LogP contribution in [0.15, 0.2) is 65.0 Å². The summed E-state index contributed by atoms with van der Waals surface area (Å²) in [6, 6.07) is 13.1. The molecule has 0 spiro atoms. The summed E-state index contributed by atoms with van der Waals surface area (Å²) in [5.74, 6) is 1.95. The lowest BCUT2D eigenvalue weighted by Crippen LogP contribution is -2.32. The number of aromatic nitrogens is 3. The summed E-state index contributed by atoms with van der Waals surface area (Å²) in [7, 11) is 0. The lowest BCUT2D eigenvalue weighted by Gasteiger charge is -2.28. The van der Waals surface area contributed by atoms with Crippen LogP contribution >= 0.6 is 23.5 Å². The summed E-state index contributed by atoms with van der Waals surface area (Å²) < 4.78 is 0. The molecule has 4 rings (SSSR count). The number of H-pyrrole nitrogens is 1. The van der Waals surface area contributed by atoms with E-state index in [1.807, 2.05) is 24.2 Å². The number of hydrogen-bond acceptors (Lipinski definition) is 5. The van der Waals surface area contributed by atoms with Gasteiger partial charge in [0.2, 0.25) is 0 Å². The van der Waals surface area contributed by atoms with E-state index in [-0.39, 0.29) is 0 Å². The monoisotopic (exact) mass is 382 g/mol. The van der Waals surface area contributed by atoms with Gasteiger partial charge in [0, 0.05) is 54.6 Å². The number of fused-ring (bicyclic) bond motifs is 1. The third-order valence-corrected chi connectivity index (χ3v) is 6.41. The Hall–Kier alpha value is -1.76. The highest BCUT2D eigenvalue weighted by molar-refractivity contribution is 7.99. The first-order valence-corrected chi connectivity index (χ1v) is 10.8. The Morgan fingerprint density at radius 1 is 1.04 bits per heavy atom. The molecule has 1 aromatic carbocycles. The van der Waals surface area contributed by atoms with Crippen molar-refractivity contribution in [1.29, 1.82) is 0 Å². The van der Waals surface area contributed by atoms with Gasteiger partial charge in [-0.3, -0.25) is 9.88 Å². The van der Waals surface area contributed by atoms with Gasteiger partial charge in [-0.1, -0.05) is 36.0 Å². The van der Waals surface area contributed by atoms with Crippen molar-refractivity contribution in [1.82, 2.24) is 19.9 Å². The summed E-state index contributed by atoms with van der Waals surface area (Å²) in [6.45, 7) is 3.37. The maximum atomic E-state index is 4.48. The predicted molar refractivity (Wildman–Crippen MR) is 109 cm³/mol. The Labute approximate surface area is 162 Å². The summed E-state index contributed by atoms with van der Waals surface area (Å²) in [6.07, 6.45) is 6.71. The summed E-state index contributed by atoms with van der Waals surface area (Å²) >= 11 is 3.60. The van der Waals surface area contributed by atoms with Crippen LogP contribution in [0, 0.1) is 0 Å². The zero-order chi connectivity index (χ0) is 17.6. The van der Waals surface area contributed by atoms with Gasteiger partial charge >= 0.3 is 0 Å². The van der Waals surface area contributed by atoms with Crippen LogP contribution in [0.3, 0.4) is 0 Å². The van der Waals surface area contributed by atoms with Crippen molar-refractivity contribution in [2.75, 3.05) is 18.8 Å². The first-order valence-electron chi connectivity index (χ1n) is 8.86. The van der Waals surface area contributed by atoms with Crippen molar-refractivity contribution in [3.05, 3.63) is 71.8 Å². The first-order chi connectivity index (χ1) is 12.9. The number of rotatable bonds is 7. The molecule has 0 amide bonds. The summed E-state index contributed by atoms with van der Waals surface area (Å²) in [4.78, 5) is 15.7. The third-order valence-electron chi connectivity index (χ3n) is 4.50. The average molecular weight is 383 g/mol. The predicted octanol–water partition coefficient (Wildman–Crippen LogP) is 4.25. The van der Waals surface area contributed by atoms with Crippen LogP contribution in [0.25, 0.3) is 0 Å². The second kappa shape index (κ2) is 8.75. The van der Waals surface area contributed by atoms with E-state index in [1.165, 1.54) is 29.0 Å². The molecular formula is C20H22N4S2. The van der Waals surface area contributed by atoms with Gasteiger partial charge in [0.05, 0.1) is 5.69 Å². The van der Waals surface area contributed by atoms with Crippen molar-refractivity contribution in [2.24, 2.45) is 0 Å². The molecule has 3 aromatic rings. The van der Waals surface area contributed by atoms with E-state index in [2.05, 4.69) is 56.3 Å². The molecule has 26 heavy (non-hydrogen) atoms. The molecule has 1 N–H and O–H groups in total. The van der Waals surface area contributed by atoms with Crippen molar-refractivity contribution in [2.45, 2.75) is 28.8 Å². The van der Waals surface area contributed by atoms with Crippen molar-refractivity contribution >= 4 is 23.5 Å². The van der Waals surface area contributed by atoms with E-state index >= 15 is 0 Å². The van der Waals surface area contributed by atoms with Crippen LogP contribution in [0.2, 0.25) is 0 Å². The number of thioether (sulfide) groups is 2. The fraction of sp³-hybridized carbons (Fsp3) is 0.300. The minimum absolute atomic E-state index is 0.838. The van der Waals surface area contributed by atoms with Gasteiger partial charge in [0.25, 0.3) is 0 Å². The number of benzene rings is 1. The van der Waals surface area contributed by atoms with E-state index in [1.54, 1.807) is 18.0 Å². The van der Waals surface area contributed by atoms with E-state index in [0.717, 1.165) is 35.4 Å². The van der Waals surface area contributed by atoms with Crippen molar-refractivity contribution in [3.63, 3.8) is 0 Å². The number of pyridine rings is 1.